The molecular weight excluding hydrogens is 232 g/mol. The molecule has 4 heteroatoms. The maximum absolute atomic E-state index is 11.5. The molecule has 3 rings (SSSR count). The van der Waals surface area contributed by atoms with Crippen molar-refractivity contribution in [3.8, 4) is 0 Å². The lowest BCUT2D eigenvalue weighted by Gasteiger charge is -2.21. The molecule has 1 amide bonds. The molecule has 0 bridgehead atoms. The Morgan fingerprint density at radius 2 is 2.00 bits per heavy atom. The van der Waals surface area contributed by atoms with Crippen LogP contribution in [-0.4, -0.2) is 11.2 Å². The third kappa shape index (κ3) is 2.07. The van der Waals surface area contributed by atoms with E-state index in [4.69, 9.17) is 5.73 Å². The van der Waals surface area contributed by atoms with Gasteiger partial charge in [-0.1, -0.05) is 42.3 Å². The van der Waals surface area contributed by atoms with Crippen molar-refractivity contribution in [3.05, 3.63) is 35.9 Å². The van der Waals surface area contributed by atoms with Gasteiger partial charge in [-0.05, 0) is 24.3 Å². The van der Waals surface area contributed by atoms with E-state index in [9.17, 15) is 4.79 Å². The zero-order valence-electron chi connectivity index (χ0n) is 9.50. The largest absolute Gasteiger partial charge is 0.369 e. The van der Waals surface area contributed by atoms with E-state index in [0.29, 0.717) is 11.8 Å². The van der Waals surface area contributed by atoms with Crippen LogP contribution in [0.15, 0.2) is 30.3 Å². The number of primary amides is 1. The molecule has 3 atom stereocenters. The summed E-state index contributed by atoms with van der Waals surface area (Å²) in [5, 5.41) is -0.0762. The van der Waals surface area contributed by atoms with Gasteiger partial charge in [-0.25, -0.2) is 0 Å². The number of carbonyl (C=O) groups is 1. The van der Waals surface area contributed by atoms with E-state index in [1.54, 1.807) is 0 Å². The predicted molar refractivity (Wildman–Crippen MR) is 69.1 cm³/mol. The van der Waals surface area contributed by atoms with Crippen molar-refractivity contribution in [3.63, 3.8) is 0 Å². The standard InChI is InChI=1S/C13H16N2OS/c14-13(16)12-10(8-6-7-8)11(15-17-12)9-4-2-1-3-5-9/h1-5,8,10-12,15H,6-7H2,(H2,14,16). The van der Waals surface area contributed by atoms with E-state index in [-0.39, 0.29) is 17.2 Å². The van der Waals surface area contributed by atoms with Crippen molar-refractivity contribution in [1.82, 2.24) is 4.72 Å². The Bertz CT molecular complexity index is 419. The molecule has 2 fully saturated rings. The minimum atomic E-state index is -0.183. The van der Waals surface area contributed by atoms with Gasteiger partial charge < -0.3 is 5.73 Å². The van der Waals surface area contributed by atoms with Gasteiger partial charge in [0.1, 0.15) is 5.25 Å². The summed E-state index contributed by atoms with van der Waals surface area (Å²) < 4.78 is 3.39. The first kappa shape index (κ1) is 11.1. The van der Waals surface area contributed by atoms with Gasteiger partial charge >= 0.3 is 0 Å². The van der Waals surface area contributed by atoms with E-state index in [0.717, 1.165) is 0 Å². The Labute approximate surface area is 105 Å². The molecule has 90 valence electrons. The van der Waals surface area contributed by atoms with Crippen molar-refractivity contribution < 1.29 is 4.79 Å². The van der Waals surface area contributed by atoms with Gasteiger partial charge in [0.2, 0.25) is 5.91 Å². The van der Waals surface area contributed by atoms with Crippen molar-refractivity contribution in [2.45, 2.75) is 24.1 Å². The van der Waals surface area contributed by atoms with Crippen LogP contribution in [0.5, 0.6) is 0 Å². The highest BCUT2D eigenvalue weighted by atomic mass is 32.2. The number of hydrogen-bond donors (Lipinski definition) is 2. The molecule has 3 N–H and O–H groups in total. The van der Waals surface area contributed by atoms with Crippen LogP contribution in [0.4, 0.5) is 0 Å². The van der Waals surface area contributed by atoms with E-state index < -0.39 is 0 Å². The summed E-state index contributed by atoms with van der Waals surface area (Å²) in [7, 11) is 0. The lowest BCUT2D eigenvalue weighted by atomic mass is 9.87. The first-order valence-electron chi connectivity index (χ1n) is 6.03. The zero-order valence-corrected chi connectivity index (χ0v) is 10.3. The van der Waals surface area contributed by atoms with Crippen LogP contribution in [0.1, 0.15) is 24.4 Å². The van der Waals surface area contributed by atoms with Crippen LogP contribution >= 0.6 is 11.9 Å². The van der Waals surface area contributed by atoms with E-state index in [2.05, 4.69) is 16.9 Å². The number of nitrogens with two attached hydrogens (primary N) is 1. The highest BCUT2D eigenvalue weighted by molar-refractivity contribution is 7.99. The molecule has 17 heavy (non-hydrogen) atoms. The van der Waals surface area contributed by atoms with Crippen LogP contribution in [0, 0.1) is 11.8 Å². The van der Waals surface area contributed by atoms with Gasteiger partial charge in [0, 0.05) is 12.0 Å². The molecule has 1 saturated carbocycles. The summed E-state index contributed by atoms with van der Waals surface area (Å²) in [6.07, 6.45) is 2.47. The molecule has 3 nitrogen and oxygen atoms in total. The molecule has 1 saturated heterocycles. The van der Waals surface area contributed by atoms with Crippen LogP contribution in [-0.2, 0) is 4.79 Å². The lowest BCUT2D eigenvalue weighted by Crippen LogP contribution is -2.32. The molecule has 2 aliphatic rings. The molecule has 1 aromatic rings. The molecule has 1 aliphatic carbocycles. The molecule has 3 unspecified atom stereocenters. The van der Waals surface area contributed by atoms with Crippen molar-refractivity contribution in [1.29, 1.82) is 0 Å². The molecule has 0 aromatic heterocycles. The summed E-state index contributed by atoms with van der Waals surface area (Å²) in [4.78, 5) is 11.5. The van der Waals surface area contributed by atoms with Crippen LogP contribution in [0.25, 0.3) is 0 Å². The summed E-state index contributed by atoms with van der Waals surface area (Å²) in [5.74, 6) is 0.845. The van der Waals surface area contributed by atoms with Crippen molar-refractivity contribution in [2.24, 2.45) is 17.6 Å². The number of hydrogen-bond acceptors (Lipinski definition) is 3. The summed E-state index contributed by atoms with van der Waals surface area (Å²) in [6.45, 7) is 0. The highest BCUT2D eigenvalue weighted by Crippen LogP contribution is 2.51. The maximum Gasteiger partial charge on any atom is 0.232 e. The average Bonchev–Trinajstić information content (AvgIpc) is 3.08. The third-order valence-electron chi connectivity index (χ3n) is 3.66. The van der Waals surface area contributed by atoms with Gasteiger partial charge in [-0.3, -0.25) is 9.52 Å². The van der Waals surface area contributed by atoms with Crippen LogP contribution < -0.4 is 10.5 Å². The first-order chi connectivity index (χ1) is 8.27. The monoisotopic (exact) mass is 248 g/mol. The molecular formula is C13H16N2OS. The third-order valence-corrected chi connectivity index (χ3v) is 4.85. The average molecular weight is 248 g/mol. The highest BCUT2D eigenvalue weighted by Gasteiger charge is 2.48. The fourth-order valence-corrected chi connectivity index (χ4v) is 3.92. The Kier molecular flexibility index (Phi) is 2.84. The molecule has 0 radical (unpaired) electrons. The smallest absolute Gasteiger partial charge is 0.232 e. The van der Waals surface area contributed by atoms with Crippen LogP contribution in [0.2, 0.25) is 0 Å². The SMILES string of the molecule is NC(=O)C1SNC(c2ccccc2)C1C1CC1. The Hall–Kier alpha value is -1.00. The molecule has 1 aromatic carbocycles. The zero-order chi connectivity index (χ0) is 11.8. The second-order valence-electron chi connectivity index (χ2n) is 4.86. The summed E-state index contributed by atoms with van der Waals surface area (Å²) in [6, 6.07) is 10.6. The van der Waals surface area contributed by atoms with Crippen molar-refractivity contribution in [2.75, 3.05) is 0 Å². The molecule has 0 spiro atoms. The minimum Gasteiger partial charge on any atom is -0.369 e. The molecule has 1 heterocycles. The van der Waals surface area contributed by atoms with E-state index in [1.165, 1.54) is 30.4 Å². The second kappa shape index (κ2) is 4.35. The minimum absolute atomic E-state index is 0.0762. The number of carbonyl (C=O) groups excluding carboxylic acids is 1. The van der Waals surface area contributed by atoms with Gasteiger partial charge in [-0.15, -0.1) is 0 Å². The number of nitrogens with one attached hydrogen (secondary N) is 1. The Balaban J connectivity index is 1.87. The topological polar surface area (TPSA) is 55.1 Å². The normalized spacial score (nSPS) is 32.6. The Morgan fingerprint density at radius 1 is 1.29 bits per heavy atom. The quantitative estimate of drug-likeness (QED) is 0.803. The summed E-state index contributed by atoms with van der Waals surface area (Å²) >= 11 is 1.51. The summed E-state index contributed by atoms with van der Waals surface area (Å²) in [5.41, 5.74) is 6.76. The predicted octanol–water partition coefficient (Wildman–Crippen LogP) is 1.86. The van der Waals surface area contributed by atoms with Gasteiger partial charge in [0.25, 0.3) is 0 Å². The number of rotatable bonds is 3. The van der Waals surface area contributed by atoms with Crippen molar-refractivity contribution >= 4 is 17.9 Å². The van der Waals surface area contributed by atoms with Crippen LogP contribution in [0.3, 0.4) is 0 Å². The second-order valence-corrected chi connectivity index (χ2v) is 5.84. The fourth-order valence-electron chi connectivity index (χ4n) is 2.68. The van der Waals surface area contributed by atoms with E-state index >= 15 is 0 Å². The lowest BCUT2D eigenvalue weighted by molar-refractivity contribution is -0.118. The van der Waals surface area contributed by atoms with E-state index in [1.807, 2.05) is 18.2 Å². The Morgan fingerprint density at radius 3 is 2.59 bits per heavy atom. The number of benzene rings is 1. The first-order valence-corrected chi connectivity index (χ1v) is 6.91. The van der Waals surface area contributed by atoms with Gasteiger partial charge in [0.05, 0.1) is 0 Å². The fraction of sp³-hybridized carbons (Fsp3) is 0.462. The van der Waals surface area contributed by atoms with Gasteiger partial charge in [0.15, 0.2) is 0 Å². The number of amides is 1. The molecule has 1 aliphatic heterocycles. The van der Waals surface area contributed by atoms with Gasteiger partial charge in [-0.2, -0.15) is 0 Å². The maximum atomic E-state index is 11.5.